The highest BCUT2D eigenvalue weighted by Gasteiger charge is 2.69. The van der Waals surface area contributed by atoms with Gasteiger partial charge in [0.05, 0.1) is 24.1 Å². The first-order valence-electron chi connectivity index (χ1n) is 10.9. The molecular weight excluding hydrogens is 462 g/mol. The number of para-hydroxylation sites is 1. The van der Waals surface area contributed by atoms with Crippen molar-refractivity contribution in [1.29, 1.82) is 0 Å². The first-order valence-corrected chi connectivity index (χ1v) is 11.7. The second-order valence-electron chi connectivity index (χ2n) is 8.94. The smallest absolute Gasteiger partial charge is 0.316 e. The van der Waals surface area contributed by atoms with Gasteiger partial charge in [0, 0.05) is 18.7 Å². The SMILES string of the molecule is CCOC(=O)[C@@]12CCC[C@@](Br)(CN(C)C1)[C@]2(O)/C=C\c1cccc(OC)c1OC(C)C. The minimum absolute atomic E-state index is 0.0392. The van der Waals surface area contributed by atoms with Crippen molar-refractivity contribution >= 4 is 28.0 Å². The van der Waals surface area contributed by atoms with Crippen molar-refractivity contribution in [3.05, 3.63) is 29.8 Å². The normalized spacial score (nSPS) is 31.1. The van der Waals surface area contributed by atoms with E-state index < -0.39 is 15.3 Å². The Morgan fingerprint density at radius 3 is 2.71 bits per heavy atom. The molecule has 7 heteroatoms. The second kappa shape index (κ2) is 9.12. The Morgan fingerprint density at radius 1 is 1.32 bits per heavy atom. The van der Waals surface area contributed by atoms with Gasteiger partial charge in [-0.25, -0.2) is 0 Å². The van der Waals surface area contributed by atoms with Crippen LogP contribution < -0.4 is 9.47 Å². The maximum atomic E-state index is 13.2. The number of hydrogen-bond donors (Lipinski definition) is 1. The van der Waals surface area contributed by atoms with Crippen LogP contribution in [0.15, 0.2) is 24.3 Å². The van der Waals surface area contributed by atoms with Crippen LogP contribution in [0.1, 0.15) is 45.6 Å². The first kappa shape index (κ1) is 24.1. The lowest BCUT2D eigenvalue weighted by Gasteiger charge is -2.61. The molecule has 3 rings (SSSR count). The van der Waals surface area contributed by atoms with Gasteiger partial charge in [0.25, 0.3) is 0 Å². The highest BCUT2D eigenvalue weighted by molar-refractivity contribution is 9.10. The number of benzene rings is 1. The summed E-state index contributed by atoms with van der Waals surface area (Å²) < 4.78 is 16.3. The fraction of sp³-hybridized carbons (Fsp3) is 0.625. The number of piperidine rings is 1. The predicted octanol–water partition coefficient (Wildman–Crippen LogP) is 4.04. The molecule has 3 atom stereocenters. The topological polar surface area (TPSA) is 68.2 Å². The summed E-state index contributed by atoms with van der Waals surface area (Å²) in [5.41, 5.74) is -1.69. The highest BCUT2D eigenvalue weighted by Crippen LogP contribution is 2.58. The summed E-state index contributed by atoms with van der Waals surface area (Å²) in [7, 11) is 3.59. The molecule has 1 aliphatic heterocycles. The third-order valence-electron chi connectivity index (χ3n) is 6.40. The van der Waals surface area contributed by atoms with Gasteiger partial charge in [-0.05, 0) is 52.8 Å². The Morgan fingerprint density at radius 2 is 2.06 bits per heavy atom. The van der Waals surface area contributed by atoms with Crippen LogP contribution in [0.4, 0.5) is 0 Å². The van der Waals surface area contributed by atoms with E-state index in [1.165, 1.54) is 0 Å². The number of methoxy groups -OCH3 is 1. The number of alkyl halides is 1. The van der Waals surface area contributed by atoms with Crippen molar-refractivity contribution < 1.29 is 24.1 Å². The Kier molecular flexibility index (Phi) is 7.08. The van der Waals surface area contributed by atoms with Gasteiger partial charge in [0.2, 0.25) is 0 Å². The Hall–Kier alpha value is -1.57. The van der Waals surface area contributed by atoms with E-state index in [0.29, 0.717) is 31.0 Å². The van der Waals surface area contributed by atoms with Gasteiger partial charge in [-0.1, -0.05) is 40.6 Å². The molecule has 2 bridgehead atoms. The van der Waals surface area contributed by atoms with E-state index in [4.69, 9.17) is 14.2 Å². The molecule has 2 aliphatic rings. The van der Waals surface area contributed by atoms with E-state index in [1.54, 1.807) is 20.1 Å². The molecule has 2 fully saturated rings. The van der Waals surface area contributed by atoms with Crippen LogP contribution in [0.5, 0.6) is 11.5 Å². The Bertz CT molecular complexity index is 843. The van der Waals surface area contributed by atoms with Gasteiger partial charge in [0.15, 0.2) is 11.5 Å². The molecule has 1 saturated heterocycles. The van der Waals surface area contributed by atoms with E-state index in [0.717, 1.165) is 18.4 Å². The predicted molar refractivity (Wildman–Crippen MR) is 125 cm³/mol. The van der Waals surface area contributed by atoms with Crippen molar-refractivity contribution in [2.75, 3.05) is 33.9 Å². The summed E-state index contributed by atoms with van der Waals surface area (Å²) in [5, 5.41) is 12.2. The zero-order valence-corrected chi connectivity index (χ0v) is 20.7. The lowest BCUT2D eigenvalue weighted by Crippen LogP contribution is -2.74. The molecule has 1 aromatic rings. The molecule has 0 radical (unpaired) electrons. The van der Waals surface area contributed by atoms with Crippen LogP contribution in [0, 0.1) is 5.41 Å². The van der Waals surface area contributed by atoms with Gasteiger partial charge in [0.1, 0.15) is 11.0 Å². The summed E-state index contributed by atoms with van der Waals surface area (Å²) in [6.45, 7) is 7.06. The molecule has 31 heavy (non-hydrogen) atoms. The number of halogens is 1. The number of aliphatic hydroxyl groups is 1. The van der Waals surface area contributed by atoms with Crippen molar-refractivity contribution in [2.24, 2.45) is 5.41 Å². The van der Waals surface area contributed by atoms with Crippen molar-refractivity contribution in [2.45, 2.75) is 56.1 Å². The zero-order valence-electron chi connectivity index (χ0n) is 19.1. The van der Waals surface area contributed by atoms with Crippen LogP contribution in [0.25, 0.3) is 6.08 Å². The molecule has 1 N–H and O–H groups in total. The quantitative estimate of drug-likeness (QED) is 0.454. The Labute approximate surface area is 193 Å². The molecule has 0 spiro atoms. The fourth-order valence-corrected chi connectivity index (χ4v) is 6.34. The molecule has 1 aliphatic carbocycles. The van der Waals surface area contributed by atoms with Crippen LogP contribution >= 0.6 is 15.9 Å². The number of likely N-dealkylation sites (tertiary alicyclic amines) is 1. The van der Waals surface area contributed by atoms with Gasteiger partial charge >= 0.3 is 5.97 Å². The number of fused-ring (bicyclic) bond motifs is 2. The molecule has 172 valence electrons. The molecule has 1 heterocycles. The van der Waals surface area contributed by atoms with E-state index in [1.807, 2.05) is 45.2 Å². The number of carbonyl (C=O) groups is 1. The van der Waals surface area contributed by atoms with Crippen LogP contribution in [-0.4, -0.2) is 65.9 Å². The van der Waals surface area contributed by atoms with Crippen molar-refractivity contribution in [3.63, 3.8) is 0 Å². The summed E-state index contributed by atoms with van der Waals surface area (Å²) in [6.07, 6.45) is 5.75. The van der Waals surface area contributed by atoms with Crippen molar-refractivity contribution in [3.8, 4) is 11.5 Å². The second-order valence-corrected chi connectivity index (χ2v) is 10.5. The van der Waals surface area contributed by atoms with E-state index in [9.17, 15) is 9.90 Å². The average Bonchev–Trinajstić information content (AvgIpc) is 2.69. The van der Waals surface area contributed by atoms with E-state index >= 15 is 0 Å². The number of rotatable bonds is 7. The molecule has 6 nitrogen and oxygen atoms in total. The molecule has 0 amide bonds. The zero-order chi connectivity index (χ0) is 22.9. The van der Waals surface area contributed by atoms with Gasteiger partial charge < -0.3 is 24.2 Å². The van der Waals surface area contributed by atoms with Gasteiger partial charge in [-0.15, -0.1) is 0 Å². The molecule has 1 aromatic carbocycles. The minimum Gasteiger partial charge on any atom is -0.493 e. The standard InChI is InChI=1S/C24H34BrNO5/c1-6-30-21(27)22-12-8-13-23(25,16-26(4)15-22)24(22,28)14-11-18-9-7-10-19(29-5)20(18)31-17(2)3/h7,9-11,14,17,28H,6,8,12-13,15-16H2,1-5H3/b14-11-/t22-,23-,24+/m1/s1. The molecule has 1 saturated carbocycles. The van der Waals surface area contributed by atoms with Crippen LogP contribution in [0.2, 0.25) is 0 Å². The summed E-state index contributed by atoms with van der Waals surface area (Å²) >= 11 is 3.86. The number of nitrogens with zero attached hydrogens (tertiary/aromatic N) is 1. The fourth-order valence-electron chi connectivity index (χ4n) is 5.12. The molecule has 0 unspecified atom stereocenters. The largest absolute Gasteiger partial charge is 0.493 e. The third kappa shape index (κ3) is 4.12. The summed E-state index contributed by atoms with van der Waals surface area (Å²) in [6, 6.07) is 5.65. The summed E-state index contributed by atoms with van der Waals surface area (Å²) in [4.78, 5) is 15.4. The monoisotopic (exact) mass is 495 g/mol. The molecular formula is C24H34BrNO5. The molecule has 0 aromatic heterocycles. The summed E-state index contributed by atoms with van der Waals surface area (Å²) in [5.74, 6) is 0.897. The van der Waals surface area contributed by atoms with Gasteiger partial charge in [-0.3, -0.25) is 4.79 Å². The third-order valence-corrected chi connectivity index (χ3v) is 7.65. The number of hydrogen-bond acceptors (Lipinski definition) is 6. The van der Waals surface area contributed by atoms with E-state index in [-0.39, 0.29) is 18.7 Å². The van der Waals surface area contributed by atoms with Crippen LogP contribution in [0.3, 0.4) is 0 Å². The van der Waals surface area contributed by atoms with Gasteiger partial charge in [-0.2, -0.15) is 0 Å². The highest BCUT2D eigenvalue weighted by atomic mass is 79.9. The maximum absolute atomic E-state index is 13.2. The lowest BCUT2D eigenvalue weighted by atomic mass is 9.55. The average molecular weight is 496 g/mol. The number of carbonyl (C=O) groups excluding carboxylic acids is 1. The van der Waals surface area contributed by atoms with E-state index in [2.05, 4.69) is 20.8 Å². The first-order chi connectivity index (χ1) is 14.6. The maximum Gasteiger partial charge on any atom is 0.316 e. The van der Waals surface area contributed by atoms with Crippen LogP contribution in [-0.2, 0) is 9.53 Å². The Balaban J connectivity index is 2.11. The number of ether oxygens (including phenoxy) is 3. The minimum atomic E-state index is -1.42. The number of esters is 1. The lowest BCUT2D eigenvalue weighted by molar-refractivity contribution is -0.193. The van der Waals surface area contributed by atoms with Crippen molar-refractivity contribution in [1.82, 2.24) is 4.90 Å².